The largest absolute Gasteiger partial charge is 0.269 e. The molecule has 0 fully saturated rings. The van der Waals surface area contributed by atoms with E-state index in [-0.39, 0.29) is 5.69 Å². The number of thioether (sulfide) groups is 1. The lowest BCUT2D eigenvalue weighted by Crippen LogP contribution is -1.95. The van der Waals surface area contributed by atoms with Crippen molar-refractivity contribution in [2.75, 3.05) is 0 Å². The number of aromatic nitrogens is 2. The fourth-order valence-corrected chi connectivity index (χ4v) is 4.40. The van der Waals surface area contributed by atoms with Gasteiger partial charge >= 0.3 is 0 Å². The minimum absolute atomic E-state index is 0.0902. The van der Waals surface area contributed by atoms with Gasteiger partial charge in [-0.1, -0.05) is 46.8 Å². The van der Waals surface area contributed by atoms with Crippen LogP contribution in [0.2, 0.25) is 5.02 Å². The smallest absolute Gasteiger partial charge is 0.258 e. The van der Waals surface area contributed by atoms with Crippen molar-refractivity contribution in [3.8, 4) is 5.69 Å². The second kappa shape index (κ2) is 7.43. The van der Waals surface area contributed by atoms with E-state index in [9.17, 15) is 10.1 Å². The van der Waals surface area contributed by atoms with Crippen molar-refractivity contribution in [1.29, 1.82) is 0 Å². The lowest BCUT2D eigenvalue weighted by molar-refractivity contribution is -0.384. The Bertz CT molecular complexity index is 938. The van der Waals surface area contributed by atoms with Gasteiger partial charge < -0.3 is 0 Å². The summed E-state index contributed by atoms with van der Waals surface area (Å²) < 4.78 is 3.13. The summed E-state index contributed by atoms with van der Waals surface area (Å²) in [7, 11) is 0. The first kappa shape index (κ1) is 17.1. The fraction of sp³-hybridized carbons (Fsp3) is 0.0667. The summed E-state index contributed by atoms with van der Waals surface area (Å²) in [6.07, 6.45) is 0. The van der Waals surface area contributed by atoms with E-state index in [0.717, 1.165) is 15.6 Å². The Labute approximate surface area is 156 Å². The zero-order valence-corrected chi connectivity index (χ0v) is 15.3. The number of rotatable bonds is 5. The predicted octanol–water partition coefficient (Wildman–Crippen LogP) is 5.52. The topological polar surface area (TPSA) is 61.0 Å². The number of hydrogen-bond donors (Lipinski definition) is 0. The van der Waals surface area contributed by atoms with Crippen LogP contribution < -0.4 is 0 Å². The Morgan fingerprint density at radius 1 is 1.29 bits per heavy atom. The first-order valence-corrected chi connectivity index (χ1v) is 9.34. The Kier molecular flexibility index (Phi) is 5.30. The zero-order valence-electron chi connectivity index (χ0n) is 12.1. The summed E-state index contributed by atoms with van der Waals surface area (Å²) in [5.74, 6) is 0.588. The summed E-state index contributed by atoms with van der Waals surface area (Å²) in [6, 6.07) is 13.9. The first-order chi connectivity index (χ1) is 11.5. The van der Waals surface area contributed by atoms with Crippen molar-refractivity contribution in [2.24, 2.45) is 0 Å². The second-order valence-corrected chi connectivity index (χ2v) is 8.02. The van der Waals surface area contributed by atoms with Crippen LogP contribution in [0.15, 0.2) is 52.9 Å². The number of nitro groups is 1. The molecule has 2 aromatic carbocycles. The summed E-state index contributed by atoms with van der Waals surface area (Å²) in [6.45, 7) is 0. The highest BCUT2D eigenvalue weighted by molar-refractivity contribution is 8.00. The van der Waals surface area contributed by atoms with Crippen molar-refractivity contribution < 1.29 is 4.92 Å². The molecule has 0 saturated carbocycles. The molecule has 1 heterocycles. The van der Waals surface area contributed by atoms with Gasteiger partial charge in [0.25, 0.3) is 5.69 Å². The molecule has 3 rings (SSSR count). The van der Waals surface area contributed by atoms with Crippen LogP contribution in [-0.2, 0) is 5.75 Å². The minimum atomic E-state index is -0.395. The summed E-state index contributed by atoms with van der Waals surface area (Å²) in [4.78, 5) is 10.4. The molecule has 3 aromatic rings. The first-order valence-electron chi connectivity index (χ1n) is 6.75. The molecule has 0 aliphatic rings. The molecule has 0 saturated heterocycles. The Morgan fingerprint density at radius 3 is 2.75 bits per heavy atom. The van der Waals surface area contributed by atoms with Gasteiger partial charge in [0.05, 0.1) is 10.6 Å². The van der Waals surface area contributed by atoms with Gasteiger partial charge in [0, 0.05) is 22.9 Å². The molecule has 0 aliphatic carbocycles. The van der Waals surface area contributed by atoms with Gasteiger partial charge in [-0.05, 0) is 42.0 Å². The Morgan fingerprint density at radius 2 is 2.04 bits per heavy atom. The third-order valence-electron chi connectivity index (χ3n) is 3.08. The third kappa shape index (κ3) is 4.02. The van der Waals surface area contributed by atoms with Crippen molar-refractivity contribution >= 4 is 52.6 Å². The molecule has 0 amide bonds. The zero-order chi connectivity index (χ0) is 17.1. The van der Waals surface area contributed by atoms with E-state index in [1.807, 2.05) is 18.2 Å². The van der Waals surface area contributed by atoms with Crippen LogP contribution in [0.25, 0.3) is 5.69 Å². The highest BCUT2D eigenvalue weighted by Gasteiger charge is 2.09. The molecule has 0 aliphatic heterocycles. The molecule has 5 nitrogen and oxygen atoms in total. The summed E-state index contributed by atoms with van der Waals surface area (Å²) in [5.41, 5.74) is 1.81. The molecule has 0 bridgehead atoms. The molecule has 0 N–H and O–H groups in total. The maximum absolute atomic E-state index is 10.8. The normalized spacial score (nSPS) is 10.7. The summed E-state index contributed by atoms with van der Waals surface area (Å²) in [5, 5.41) is 16.0. The number of benzene rings is 2. The Balaban J connectivity index is 1.76. The molecule has 0 radical (unpaired) electrons. The molecular formula is C15H10ClN3O2S3. The van der Waals surface area contributed by atoms with Gasteiger partial charge in [0.15, 0.2) is 8.29 Å². The average molecular weight is 396 g/mol. The standard InChI is InChI=1S/C15H10ClN3O2S3/c16-11-4-6-12(7-5-11)18-15(22)24-14(17-18)23-9-10-2-1-3-13(8-10)19(20)21/h1-8H,9H2. The molecule has 0 unspecified atom stereocenters. The van der Waals surface area contributed by atoms with E-state index in [1.165, 1.54) is 29.2 Å². The van der Waals surface area contributed by atoms with Crippen molar-refractivity contribution in [3.63, 3.8) is 0 Å². The number of halogens is 1. The number of hydrogen-bond acceptors (Lipinski definition) is 6. The summed E-state index contributed by atoms with van der Waals surface area (Å²) >= 11 is 14.2. The lowest BCUT2D eigenvalue weighted by atomic mass is 10.2. The van der Waals surface area contributed by atoms with E-state index >= 15 is 0 Å². The quantitative estimate of drug-likeness (QED) is 0.246. The highest BCUT2D eigenvalue weighted by Crippen LogP contribution is 2.28. The SMILES string of the molecule is O=[N+]([O-])c1cccc(CSc2nn(-c3ccc(Cl)cc3)c(=S)s2)c1. The van der Waals surface area contributed by atoms with Crippen molar-refractivity contribution in [2.45, 2.75) is 10.1 Å². The van der Waals surface area contributed by atoms with Crippen LogP contribution in [0, 0.1) is 14.1 Å². The molecule has 1 aromatic heterocycles. The fourth-order valence-electron chi connectivity index (χ4n) is 1.97. The Hall–Kier alpha value is -1.74. The molecule has 24 heavy (non-hydrogen) atoms. The van der Waals surface area contributed by atoms with Crippen molar-refractivity contribution in [3.05, 3.63) is 73.2 Å². The average Bonchev–Trinajstić information content (AvgIpc) is 2.95. The molecule has 0 spiro atoms. The van der Waals surface area contributed by atoms with Crippen LogP contribution in [0.1, 0.15) is 5.56 Å². The molecule has 0 atom stereocenters. The van der Waals surface area contributed by atoms with Crippen LogP contribution in [0.3, 0.4) is 0 Å². The number of non-ortho nitro benzene ring substituents is 1. The monoisotopic (exact) mass is 395 g/mol. The maximum atomic E-state index is 10.8. The van der Waals surface area contributed by atoms with E-state index < -0.39 is 4.92 Å². The van der Waals surface area contributed by atoms with E-state index in [2.05, 4.69) is 5.10 Å². The van der Waals surface area contributed by atoms with Gasteiger partial charge in [0.1, 0.15) is 0 Å². The van der Waals surface area contributed by atoms with Crippen LogP contribution in [0.5, 0.6) is 0 Å². The lowest BCUT2D eigenvalue weighted by Gasteiger charge is -2.01. The maximum Gasteiger partial charge on any atom is 0.269 e. The van der Waals surface area contributed by atoms with E-state index in [0.29, 0.717) is 14.7 Å². The molecule has 122 valence electrons. The number of nitro benzene ring substituents is 1. The van der Waals surface area contributed by atoms with Gasteiger partial charge in [0.2, 0.25) is 0 Å². The molecule has 9 heteroatoms. The van der Waals surface area contributed by atoms with Crippen LogP contribution in [-0.4, -0.2) is 14.7 Å². The third-order valence-corrected chi connectivity index (χ3v) is 5.77. The molecular weight excluding hydrogens is 386 g/mol. The second-order valence-electron chi connectivity index (χ2n) is 4.74. The van der Waals surface area contributed by atoms with Crippen LogP contribution in [0.4, 0.5) is 5.69 Å². The minimum Gasteiger partial charge on any atom is -0.258 e. The van der Waals surface area contributed by atoms with E-state index in [4.69, 9.17) is 23.8 Å². The van der Waals surface area contributed by atoms with Gasteiger partial charge in [-0.25, -0.2) is 4.68 Å². The van der Waals surface area contributed by atoms with E-state index in [1.54, 1.807) is 28.9 Å². The van der Waals surface area contributed by atoms with Gasteiger partial charge in [-0.3, -0.25) is 10.1 Å². The van der Waals surface area contributed by atoms with Gasteiger partial charge in [-0.15, -0.1) is 5.10 Å². The van der Waals surface area contributed by atoms with Gasteiger partial charge in [-0.2, -0.15) is 0 Å². The highest BCUT2D eigenvalue weighted by atomic mass is 35.5. The predicted molar refractivity (Wildman–Crippen MR) is 99.9 cm³/mol. The van der Waals surface area contributed by atoms with Crippen molar-refractivity contribution in [1.82, 2.24) is 9.78 Å². The van der Waals surface area contributed by atoms with Crippen LogP contribution >= 0.6 is 46.9 Å². The number of nitrogens with zero attached hydrogens (tertiary/aromatic N) is 3.